The van der Waals surface area contributed by atoms with Crippen LogP contribution in [0, 0.1) is 0 Å². The molecule has 0 spiro atoms. The van der Waals surface area contributed by atoms with Gasteiger partial charge in [0.1, 0.15) is 5.82 Å². The maximum atomic E-state index is 13.0. The lowest BCUT2D eigenvalue weighted by Crippen LogP contribution is -2.50. The molecule has 0 radical (unpaired) electrons. The van der Waals surface area contributed by atoms with Crippen LogP contribution >= 0.6 is 0 Å². The Bertz CT molecular complexity index is 1020. The monoisotopic (exact) mass is 387 g/mol. The van der Waals surface area contributed by atoms with Gasteiger partial charge in [0, 0.05) is 25.2 Å². The lowest BCUT2D eigenvalue weighted by Gasteiger charge is -2.35. The summed E-state index contributed by atoms with van der Waals surface area (Å²) in [5.74, 6) is 1.84. The van der Waals surface area contributed by atoms with E-state index in [0.717, 1.165) is 43.0 Å². The molecule has 0 saturated heterocycles. The number of aromatic nitrogens is 3. The van der Waals surface area contributed by atoms with Gasteiger partial charge in [-0.25, -0.2) is 0 Å². The van der Waals surface area contributed by atoms with Crippen molar-refractivity contribution in [2.24, 2.45) is 7.05 Å². The number of fused-ring (bicyclic) bond motifs is 1. The second-order valence-corrected chi connectivity index (χ2v) is 8.04. The predicted octanol–water partition coefficient (Wildman–Crippen LogP) is 2.69. The lowest BCUT2D eigenvalue weighted by molar-refractivity contribution is -0.127. The van der Waals surface area contributed by atoms with Gasteiger partial charge in [-0.3, -0.25) is 9.69 Å². The summed E-state index contributed by atoms with van der Waals surface area (Å²) in [5.41, 5.74) is 3.59. The Morgan fingerprint density at radius 3 is 2.52 bits per heavy atom. The molecule has 1 aliphatic carbocycles. The molecule has 1 amide bonds. The molecule has 0 unspecified atom stereocenters. The third kappa shape index (κ3) is 3.68. The molecule has 148 valence electrons. The van der Waals surface area contributed by atoms with Crippen molar-refractivity contribution in [3.63, 3.8) is 0 Å². The first-order valence-corrected chi connectivity index (χ1v) is 10.2. The van der Waals surface area contributed by atoms with Gasteiger partial charge in [0.15, 0.2) is 5.82 Å². The first-order chi connectivity index (χ1) is 14.2. The minimum absolute atomic E-state index is 0.132. The van der Waals surface area contributed by atoms with Gasteiger partial charge in [-0.1, -0.05) is 54.6 Å². The number of carbonyl (C=O) groups excluding carboxylic acids is 1. The molecule has 1 aromatic heterocycles. The van der Waals surface area contributed by atoms with E-state index in [4.69, 9.17) is 0 Å². The number of hydrogen-bond donors (Lipinski definition) is 1. The minimum atomic E-state index is -0.178. The topological polar surface area (TPSA) is 63.1 Å². The normalized spacial score (nSPS) is 19.0. The number of rotatable bonds is 5. The van der Waals surface area contributed by atoms with E-state index < -0.39 is 0 Å². The molecule has 2 heterocycles. The third-order valence-electron chi connectivity index (χ3n) is 5.91. The quantitative estimate of drug-likeness (QED) is 0.731. The maximum absolute atomic E-state index is 13.0. The highest BCUT2D eigenvalue weighted by molar-refractivity contribution is 5.83. The Balaban J connectivity index is 1.42. The van der Waals surface area contributed by atoms with Crippen LogP contribution in [-0.2, 0) is 31.4 Å². The molecule has 1 saturated carbocycles. The zero-order valence-electron chi connectivity index (χ0n) is 16.6. The average Bonchev–Trinajstić information content (AvgIpc) is 3.49. The van der Waals surface area contributed by atoms with Gasteiger partial charge in [0.25, 0.3) is 0 Å². The summed E-state index contributed by atoms with van der Waals surface area (Å²) in [4.78, 5) is 15.2. The Hall–Kier alpha value is -2.99. The van der Waals surface area contributed by atoms with Gasteiger partial charge in [-0.05, 0) is 30.4 Å². The van der Waals surface area contributed by atoms with Crippen molar-refractivity contribution in [2.75, 3.05) is 0 Å². The van der Waals surface area contributed by atoms with Crippen molar-refractivity contribution in [3.05, 3.63) is 71.5 Å². The Morgan fingerprint density at radius 2 is 1.76 bits per heavy atom. The molecule has 2 aromatic carbocycles. The van der Waals surface area contributed by atoms with E-state index in [2.05, 4.69) is 44.7 Å². The van der Waals surface area contributed by atoms with E-state index in [9.17, 15) is 4.79 Å². The van der Waals surface area contributed by atoms with Crippen LogP contribution in [0.2, 0.25) is 0 Å². The number of benzene rings is 2. The van der Waals surface area contributed by atoms with Gasteiger partial charge in [-0.15, -0.1) is 10.2 Å². The van der Waals surface area contributed by atoms with Crippen LogP contribution < -0.4 is 5.32 Å². The Labute approximate surface area is 170 Å². The Kier molecular flexibility index (Phi) is 4.64. The number of carbonyl (C=O) groups is 1. The largest absolute Gasteiger partial charge is 0.352 e. The summed E-state index contributed by atoms with van der Waals surface area (Å²) in [5, 5.41) is 12.1. The van der Waals surface area contributed by atoms with E-state index in [-0.39, 0.29) is 11.9 Å². The van der Waals surface area contributed by atoms with Crippen molar-refractivity contribution < 1.29 is 4.79 Å². The molecule has 1 N–H and O–H groups in total. The van der Waals surface area contributed by atoms with Crippen LogP contribution in [0.1, 0.15) is 29.8 Å². The molecule has 1 aliphatic heterocycles. The average molecular weight is 387 g/mol. The van der Waals surface area contributed by atoms with Crippen LogP contribution in [0.5, 0.6) is 0 Å². The van der Waals surface area contributed by atoms with E-state index >= 15 is 0 Å². The van der Waals surface area contributed by atoms with Crippen LogP contribution in [0.3, 0.4) is 0 Å². The second-order valence-electron chi connectivity index (χ2n) is 8.04. The van der Waals surface area contributed by atoms with Gasteiger partial charge in [0.05, 0.1) is 12.6 Å². The van der Waals surface area contributed by atoms with Gasteiger partial charge < -0.3 is 9.88 Å². The fourth-order valence-corrected chi connectivity index (χ4v) is 4.05. The summed E-state index contributed by atoms with van der Waals surface area (Å²) >= 11 is 0. The molecule has 0 bridgehead atoms. The van der Waals surface area contributed by atoms with E-state index in [1.54, 1.807) is 0 Å². The molecule has 3 aromatic rings. The molecule has 6 nitrogen and oxygen atoms in total. The maximum Gasteiger partial charge on any atom is 0.237 e. The van der Waals surface area contributed by atoms with Crippen molar-refractivity contribution >= 4 is 5.91 Å². The van der Waals surface area contributed by atoms with E-state index in [1.807, 2.05) is 41.9 Å². The molecule has 5 rings (SSSR count). The summed E-state index contributed by atoms with van der Waals surface area (Å²) in [6.07, 6.45) is 2.93. The molecule has 6 heteroatoms. The number of nitrogens with zero attached hydrogens (tertiary/aromatic N) is 4. The molecule has 1 fully saturated rings. The van der Waals surface area contributed by atoms with Crippen LogP contribution in [0.15, 0.2) is 54.6 Å². The third-order valence-corrected chi connectivity index (χ3v) is 5.91. The fourth-order valence-electron chi connectivity index (χ4n) is 4.05. The van der Waals surface area contributed by atoms with Crippen LogP contribution in [-0.4, -0.2) is 37.7 Å². The standard InChI is InChI=1S/C23H25N5O/c1-27-21(25-26-22(27)16-7-3-2-4-8-16)15-28-14-18-10-6-5-9-17(18)13-20(28)23(29)24-19-11-12-19/h2-10,19-20H,11-15H2,1H3,(H,24,29)/t20-/m1/s1. The summed E-state index contributed by atoms with van der Waals surface area (Å²) in [6, 6.07) is 18.7. The first kappa shape index (κ1) is 18.1. The highest BCUT2D eigenvalue weighted by Crippen LogP contribution is 2.27. The molecule has 29 heavy (non-hydrogen) atoms. The van der Waals surface area contributed by atoms with E-state index in [0.29, 0.717) is 12.6 Å². The van der Waals surface area contributed by atoms with Crippen molar-refractivity contribution in [1.29, 1.82) is 0 Å². The second kappa shape index (κ2) is 7.44. The van der Waals surface area contributed by atoms with Crippen molar-refractivity contribution in [3.8, 4) is 11.4 Å². The minimum Gasteiger partial charge on any atom is -0.352 e. The SMILES string of the molecule is Cn1c(CN2Cc3ccccc3C[C@@H]2C(=O)NC2CC2)nnc1-c1ccccc1. The zero-order valence-corrected chi connectivity index (χ0v) is 16.6. The lowest BCUT2D eigenvalue weighted by atomic mass is 9.93. The highest BCUT2D eigenvalue weighted by Gasteiger charge is 2.35. The Morgan fingerprint density at radius 1 is 1.03 bits per heavy atom. The van der Waals surface area contributed by atoms with Crippen molar-refractivity contribution in [2.45, 2.75) is 44.4 Å². The smallest absolute Gasteiger partial charge is 0.237 e. The number of amides is 1. The first-order valence-electron chi connectivity index (χ1n) is 10.2. The van der Waals surface area contributed by atoms with Gasteiger partial charge in [0.2, 0.25) is 5.91 Å². The van der Waals surface area contributed by atoms with Gasteiger partial charge in [-0.2, -0.15) is 0 Å². The molecule has 2 aliphatic rings. The molecular formula is C23H25N5O. The predicted molar refractivity (Wildman–Crippen MR) is 111 cm³/mol. The summed E-state index contributed by atoms with van der Waals surface area (Å²) in [7, 11) is 1.99. The number of hydrogen-bond acceptors (Lipinski definition) is 4. The van der Waals surface area contributed by atoms with Crippen molar-refractivity contribution in [1.82, 2.24) is 25.0 Å². The van der Waals surface area contributed by atoms with Gasteiger partial charge >= 0.3 is 0 Å². The van der Waals surface area contributed by atoms with Crippen LogP contribution in [0.25, 0.3) is 11.4 Å². The fraction of sp³-hybridized carbons (Fsp3) is 0.348. The highest BCUT2D eigenvalue weighted by atomic mass is 16.2. The zero-order chi connectivity index (χ0) is 19.8. The van der Waals surface area contributed by atoms with Crippen LogP contribution in [0.4, 0.5) is 0 Å². The summed E-state index contributed by atoms with van der Waals surface area (Å²) < 4.78 is 2.03. The molecular weight excluding hydrogens is 362 g/mol. The number of nitrogens with one attached hydrogen (secondary N) is 1. The molecule has 1 atom stereocenters. The van der Waals surface area contributed by atoms with E-state index in [1.165, 1.54) is 11.1 Å². The summed E-state index contributed by atoms with van der Waals surface area (Å²) in [6.45, 7) is 1.33.